The molecule has 3 heteroatoms. The Kier molecular flexibility index (Phi) is 4.19. The van der Waals surface area contributed by atoms with E-state index in [4.69, 9.17) is 9.39 Å². The van der Waals surface area contributed by atoms with Gasteiger partial charge in [0.05, 0.1) is 5.41 Å². The van der Waals surface area contributed by atoms with Gasteiger partial charge in [0.15, 0.2) is 0 Å². The van der Waals surface area contributed by atoms with Crippen LogP contribution >= 0.6 is 0 Å². The molecule has 0 saturated carbocycles. The molecule has 0 atom stereocenters. The van der Waals surface area contributed by atoms with Crippen LogP contribution in [-0.2, 0) is 10.1 Å². The van der Waals surface area contributed by atoms with Crippen LogP contribution in [0.4, 0.5) is 0 Å². The second-order valence-electron chi connectivity index (χ2n) is 12.1. The van der Waals surface area contributed by atoms with Crippen molar-refractivity contribution < 1.29 is 9.39 Å². The molecule has 0 radical (unpaired) electrons. The normalized spacial score (nSPS) is 18.7. The highest BCUT2D eigenvalue weighted by Crippen LogP contribution is 2.63. The summed E-state index contributed by atoms with van der Waals surface area (Å²) in [6.07, 6.45) is 0. The monoisotopic (exact) mass is 492 g/mol. The number of fused-ring (bicyclic) bond motifs is 10. The fourth-order valence-corrected chi connectivity index (χ4v) is 7.18. The van der Waals surface area contributed by atoms with Crippen molar-refractivity contribution in [1.29, 1.82) is 0 Å². The number of rotatable bonds is 1. The molecule has 1 saturated heterocycles. The van der Waals surface area contributed by atoms with Crippen molar-refractivity contribution in [1.82, 2.24) is 0 Å². The molecule has 0 bridgehead atoms. The zero-order chi connectivity index (χ0) is 25.9. The van der Waals surface area contributed by atoms with Crippen LogP contribution in [0.5, 0.6) is 11.5 Å². The first-order chi connectivity index (χ1) is 18.3. The molecule has 38 heavy (non-hydrogen) atoms. The molecular weight excluding hydrogens is 463 g/mol. The maximum absolute atomic E-state index is 6.65. The van der Waals surface area contributed by atoms with E-state index in [-0.39, 0.29) is 17.8 Å². The van der Waals surface area contributed by atoms with Crippen molar-refractivity contribution in [2.24, 2.45) is 0 Å². The van der Waals surface area contributed by atoms with Crippen molar-refractivity contribution in [2.75, 3.05) is 0 Å². The largest absolute Gasteiger partial charge is 0.457 e. The van der Waals surface area contributed by atoms with Gasteiger partial charge in [-0.25, -0.2) is 0 Å². The Bertz CT molecular complexity index is 1750. The molecular formula is C35H29BO2. The van der Waals surface area contributed by atoms with E-state index < -0.39 is 5.41 Å². The topological polar surface area (TPSA) is 18.5 Å². The van der Waals surface area contributed by atoms with Crippen molar-refractivity contribution in [2.45, 2.75) is 44.0 Å². The number of para-hydroxylation sites is 2. The maximum Gasteiger partial charge on any atom is 0.336 e. The van der Waals surface area contributed by atoms with Gasteiger partial charge in [-0.05, 0) is 76.6 Å². The molecule has 1 aliphatic carbocycles. The lowest BCUT2D eigenvalue weighted by Gasteiger charge is -2.57. The molecule has 184 valence electrons. The third-order valence-electron chi connectivity index (χ3n) is 9.76. The quantitative estimate of drug-likeness (QED) is 0.216. The van der Waals surface area contributed by atoms with E-state index >= 15 is 0 Å². The Morgan fingerprint density at radius 2 is 1.16 bits per heavy atom. The summed E-state index contributed by atoms with van der Waals surface area (Å²) in [6, 6.07) is 37.5. The number of ether oxygens (including phenoxy) is 1. The maximum atomic E-state index is 6.65. The Hall–Kier alpha value is -3.82. The van der Waals surface area contributed by atoms with Gasteiger partial charge in [-0.3, -0.25) is 0 Å². The fourth-order valence-electron chi connectivity index (χ4n) is 7.18. The minimum Gasteiger partial charge on any atom is -0.457 e. The van der Waals surface area contributed by atoms with Crippen LogP contribution in [0, 0.1) is 0 Å². The number of hydrogen-bond donors (Lipinski definition) is 0. The molecule has 2 aliphatic heterocycles. The summed E-state index contributed by atoms with van der Waals surface area (Å²) in [5.74, 6) is 1.84. The lowest BCUT2D eigenvalue weighted by molar-refractivity contribution is -0.00935. The molecule has 5 aromatic rings. The molecule has 0 aromatic heterocycles. The smallest absolute Gasteiger partial charge is 0.336 e. The van der Waals surface area contributed by atoms with Crippen molar-refractivity contribution in [3.63, 3.8) is 0 Å². The first-order valence-corrected chi connectivity index (χ1v) is 13.6. The van der Waals surface area contributed by atoms with Crippen LogP contribution in [-0.4, -0.2) is 12.5 Å². The first kappa shape index (κ1) is 22.2. The minimum absolute atomic E-state index is 0.000376. The predicted molar refractivity (Wildman–Crippen MR) is 156 cm³/mol. The average molecular weight is 492 g/mol. The summed E-state index contributed by atoms with van der Waals surface area (Å²) in [5, 5.41) is 2.51. The molecule has 0 unspecified atom stereocenters. The Balaban J connectivity index is 1.54. The molecule has 2 nitrogen and oxygen atoms in total. The third-order valence-corrected chi connectivity index (χ3v) is 9.76. The molecule has 1 fully saturated rings. The summed E-state index contributed by atoms with van der Waals surface area (Å²) >= 11 is 0. The van der Waals surface area contributed by atoms with Crippen LogP contribution in [0.3, 0.4) is 0 Å². The van der Waals surface area contributed by atoms with Crippen molar-refractivity contribution >= 4 is 23.2 Å². The van der Waals surface area contributed by atoms with Gasteiger partial charge < -0.3 is 9.39 Å². The highest BCUT2D eigenvalue weighted by Gasteiger charge is 2.61. The summed E-state index contributed by atoms with van der Waals surface area (Å²) in [7, 11) is 0. The average Bonchev–Trinajstić information content (AvgIpc) is 3.21. The highest BCUT2D eigenvalue weighted by atomic mass is 16.5. The third kappa shape index (κ3) is 2.53. The first-order valence-electron chi connectivity index (χ1n) is 13.6. The molecule has 5 aromatic carbocycles. The van der Waals surface area contributed by atoms with E-state index in [1.807, 2.05) is 0 Å². The molecule has 3 aliphatic rings. The van der Waals surface area contributed by atoms with Gasteiger partial charge >= 0.3 is 6.92 Å². The number of benzene rings is 5. The zero-order valence-electron chi connectivity index (χ0n) is 22.2. The summed E-state index contributed by atoms with van der Waals surface area (Å²) in [5.41, 5.74) is 8.26. The molecule has 8 rings (SSSR count). The van der Waals surface area contributed by atoms with Crippen LogP contribution in [0.15, 0.2) is 103 Å². The summed E-state index contributed by atoms with van der Waals surface area (Å²) < 4.78 is 13.2. The molecule has 0 N–H and O–H groups in total. The van der Waals surface area contributed by atoms with E-state index in [2.05, 4.69) is 131 Å². The predicted octanol–water partition coefficient (Wildman–Crippen LogP) is 8.10. The molecule has 0 amide bonds. The van der Waals surface area contributed by atoms with Gasteiger partial charge in [0.2, 0.25) is 0 Å². The number of hydrogen-bond acceptors (Lipinski definition) is 2. The summed E-state index contributed by atoms with van der Waals surface area (Å²) in [6.45, 7) is 9.12. The van der Waals surface area contributed by atoms with Gasteiger partial charge in [-0.1, -0.05) is 92.7 Å². The van der Waals surface area contributed by atoms with E-state index in [0.717, 1.165) is 11.5 Å². The summed E-state index contributed by atoms with van der Waals surface area (Å²) in [4.78, 5) is 0. The zero-order valence-corrected chi connectivity index (χ0v) is 22.2. The fraction of sp³-hybridized carbons (Fsp3) is 0.200. The van der Waals surface area contributed by atoms with E-state index in [1.54, 1.807) is 0 Å². The van der Waals surface area contributed by atoms with E-state index in [0.29, 0.717) is 0 Å². The van der Waals surface area contributed by atoms with Gasteiger partial charge in [-0.15, -0.1) is 0 Å². The lowest BCUT2D eigenvalue weighted by Crippen LogP contribution is -2.66. The second-order valence-corrected chi connectivity index (χ2v) is 12.1. The lowest BCUT2D eigenvalue weighted by atomic mass is 9.32. The standard InChI is InChI=1S/C35H29BO2/c1-33(2)34(3,4)38-36(33)29-17-11-16-27-32(29)24-20-22-12-5-6-13-23(22)21-28(24)35(27)25-14-7-9-18-30(25)37-31-19-10-8-15-26(31)35/h5-21H,1-4H3. The van der Waals surface area contributed by atoms with Crippen LogP contribution in [0.25, 0.3) is 21.9 Å². The van der Waals surface area contributed by atoms with Crippen LogP contribution in [0.1, 0.15) is 49.9 Å². The van der Waals surface area contributed by atoms with Crippen LogP contribution in [0.2, 0.25) is 5.31 Å². The highest BCUT2D eigenvalue weighted by molar-refractivity contribution is 6.74. The van der Waals surface area contributed by atoms with E-state index in [9.17, 15) is 0 Å². The Morgan fingerprint density at radius 1 is 0.579 bits per heavy atom. The minimum atomic E-state index is -0.473. The SMILES string of the molecule is CC1(C)OB(c2cccc3c2-c2cc4ccccc4cc2C32c3ccccc3Oc3ccccc32)C1(C)C. The van der Waals surface area contributed by atoms with Crippen molar-refractivity contribution in [3.8, 4) is 22.6 Å². The second kappa shape index (κ2) is 7.18. The Labute approximate surface area is 224 Å². The van der Waals surface area contributed by atoms with E-state index in [1.165, 1.54) is 49.6 Å². The van der Waals surface area contributed by atoms with Crippen molar-refractivity contribution in [3.05, 3.63) is 125 Å². The molecule has 2 heterocycles. The van der Waals surface area contributed by atoms with Gasteiger partial charge in [-0.2, -0.15) is 0 Å². The van der Waals surface area contributed by atoms with Crippen LogP contribution < -0.4 is 10.2 Å². The van der Waals surface area contributed by atoms with Gasteiger partial charge in [0, 0.05) is 22.0 Å². The van der Waals surface area contributed by atoms with Gasteiger partial charge in [0.1, 0.15) is 11.5 Å². The van der Waals surface area contributed by atoms with Gasteiger partial charge in [0.25, 0.3) is 0 Å². The molecule has 1 spiro atoms. The Morgan fingerprint density at radius 3 is 1.79 bits per heavy atom.